The summed E-state index contributed by atoms with van der Waals surface area (Å²) in [6.45, 7) is 1.72. The van der Waals surface area contributed by atoms with Gasteiger partial charge in [-0.15, -0.1) is 0 Å². The molecule has 1 aliphatic rings. The maximum absolute atomic E-state index is 11.5. The Morgan fingerprint density at radius 3 is 2.50 bits per heavy atom. The van der Waals surface area contributed by atoms with Crippen LogP contribution in [0.2, 0.25) is 0 Å². The van der Waals surface area contributed by atoms with Gasteiger partial charge in [-0.3, -0.25) is 4.79 Å². The lowest BCUT2D eigenvalue weighted by atomic mass is 9.85. The highest BCUT2D eigenvalue weighted by Crippen LogP contribution is 2.30. The fourth-order valence-corrected chi connectivity index (χ4v) is 2.56. The summed E-state index contributed by atoms with van der Waals surface area (Å²) in [5, 5.41) is 12.7. The van der Waals surface area contributed by atoms with Gasteiger partial charge in [0.1, 0.15) is 0 Å². The van der Waals surface area contributed by atoms with Gasteiger partial charge in [-0.1, -0.05) is 12.1 Å². The normalized spacial score (nSPS) is 20.7. The van der Waals surface area contributed by atoms with Crippen LogP contribution in [0.1, 0.15) is 17.9 Å². The molecule has 98 valence electrons. The summed E-state index contributed by atoms with van der Waals surface area (Å²) < 4.78 is 0. The first-order chi connectivity index (χ1) is 8.59. The summed E-state index contributed by atoms with van der Waals surface area (Å²) in [5.41, 5.74) is 1.99. The summed E-state index contributed by atoms with van der Waals surface area (Å²) in [6.07, 6.45) is 0.937. The number of rotatable bonds is 4. The highest BCUT2D eigenvalue weighted by atomic mass is 16.4. The highest BCUT2D eigenvalue weighted by Gasteiger charge is 2.31. The van der Waals surface area contributed by atoms with Crippen molar-refractivity contribution in [2.24, 2.45) is 5.92 Å². The topological polar surface area (TPSA) is 52.6 Å². The van der Waals surface area contributed by atoms with Crippen LogP contribution in [-0.2, 0) is 4.79 Å². The molecule has 1 aliphatic heterocycles. The molecule has 1 aromatic carbocycles. The minimum atomic E-state index is -0.721. The number of hydrogen-bond acceptors (Lipinski definition) is 3. The molecule has 0 saturated carbocycles. The average molecular weight is 248 g/mol. The maximum atomic E-state index is 11.5. The van der Waals surface area contributed by atoms with E-state index in [1.807, 2.05) is 43.3 Å². The Balaban J connectivity index is 2.22. The third-order valence-corrected chi connectivity index (χ3v) is 3.60. The summed E-state index contributed by atoms with van der Waals surface area (Å²) in [5.74, 6) is -0.912. The first kappa shape index (κ1) is 12.9. The van der Waals surface area contributed by atoms with Crippen LogP contribution in [0.15, 0.2) is 24.3 Å². The summed E-state index contributed by atoms with van der Waals surface area (Å²) in [6, 6.07) is 7.83. The summed E-state index contributed by atoms with van der Waals surface area (Å²) in [4.78, 5) is 13.5. The number of anilines is 1. The van der Waals surface area contributed by atoms with Gasteiger partial charge in [-0.05, 0) is 43.1 Å². The van der Waals surface area contributed by atoms with Gasteiger partial charge in [0.2, 0.25) is 0 Å². The number of carboxylic acids is 1. The van der Waals surface area contributed by atoms with E-state index in [0.717, 1.165) is 30.8 Å². The molecule has 4 heteroatoms. The van der Waals surface area contributed by atoms with Crippen molar-refractivity contribution >= 4 is 11.7 Å². The van der Waals surface area contributed by atoms with E-state index in [9.17, 15) is 9.90 Å². The van der Waals surface area contributed by atoms with Crippen molar-refractivity contribution in [1.82, 2.24) is 5.32 Å². The minimum absolute atomic E-state index is 0.202. The maximum Gasteiger partial charge on any atom is 0.311 e. The van der Waals surface area contributed by atoms with E-state index in [-0.39, 0.29) is 5.92 Å². The Bertz CT molecular complexity index is 408. The largest absolute Gasteiger partial charge is 0.481 e. The van der Waals surface area contributed by atoms with E-state index < -0.39 is 11.9 Å². The number of carboxylic acid groups (broad SMARTS) is 1. The Labute approximate surface area is 108 Å². The summed E-state index contributed by atoms with van der Waals surface area (Å²) in [7, 11) is 3.95. The molecule has 1 aromatic rings. The van der Waals surface area contributed by atoms with E-state index in [1.165, 1.54) is 0 Å². The molecule has 1 fully saturated rings. The van der Waals surface area contributed by atoms with Crippen LogP contribution in [0, 0.1) is 5.92 Å². The molecule has 18 heavy (non-hydrogen) atoms. The molecule has 0 spiro atoms. The van der Waals surface area contributed by atoms with E-state index in [1.54, 1.807) is 0 Å². The smallest absolute Gasteiger partial charge is 0.311 e. The first-order valence-electron chi connectivity index (χ1n) is 6.30. The molecular formula is C14H20N2O2. The van der Waals surface area contributed by atoms with Crippen LogP contribution in [0.25, 0.3) is 0 Å². The van der Waals surface area contributed by atoms with Crippen molar-refractivity contribution in [2.75, 3.05) is 32.1 Å². The zero-order chi connectivity index (χ0) is 13.1. The molecule has 0 aliphatic carbocycles. The molecule has 0 amide bonds. The van der Waals surface area contributed by atoms with Gasteiger partial charge in [0.05, 0.1) is 5.92 Å². The molecule has 1 saturated heterocycles. The van der Waals surface area contributed by atoms with Crippen molar-refractivity contribution in [3.05, 3.63) is 29.8 Å². The van der Waals surface area contributed by atoms with E-state index in [0.29, 0.717) is 0 Å². The van der Waals surface area contributed by atoms with Gasteiger partial charge in [0, 0.05) is 19.8 Å². The fraction of sp³-hybridized carbons (Fsp3) is 0.500. The van der Waals surface area contributed by atoms with Crippen molar-refractivity contribution < 1.29 is 9.90 Å². The quantitative estimate of drug-likeness (QED) is 0.848. The SMILES string of the molecule is CN(C)c1ccc(C(C(=O)O)C2CCNC2)cc1. The van der Waals surface area contributed by atoms with Gasteiger partial charge in [-0.2, -0.15) is 0 Å². The lowest BCUT2D eigenvalue weighted by Gasteiger charge is -2.20. The van der Waals surface area contributed by atoms with Gasteiger partial charge < -0.3 is 15.3 Å². The van der Waals surface area contributed by atoms with Crippen LogP contribution in [-0.4, -0.2) is 38.3 Å². The lowest BCUT2D eigenvalue weighted by Crippen LogP contribution is -2.23. The van der Waals surface area contributed by atoms with Crippen LogP contribution in [0.4, 0.5) is 5.69 Å². The number of hydrogen-bond donors (Lipinski definition) is 2. The van der Waals surface area contributed by atoms with Crippen molar-refractivity contribution in [2.45, 2.75) is 12.3 Å². The van der Waals surface area contributed by atoms with Crippen LogP contribution in [0.3, 0.4) is 0 Å². The monoisotopic (exact) mass is 248 g/mol. The number of nitrogens with zero attached hydrogens (tertiary/aromatic N) is 1. The van der Waals surface area contributed by atoms with Gasteiger partial charge in [0.25, 0.3) is 0 Å². The highest BCUT2D eigenvalue weighted by molar-refractivity contribution is 5.77. The zero-order valence-corrected chi connectivity index (χ0v) is 10.9. The Kier molecular flexibility index (Phi) is 3.87. The van der Waals surface area contributed by atoms with E-state index in [4.69, 9.17) is 0 Å². The second-order valence-electron chi connectivity index (χ2n) is 5.05. The molecule has 0 bridgehead atoms. The Hall–Kier alpha value is -1.55. The van der Waals surface area contributed by atoms with E-state index in [2.05, 4.69) is 5.32 Å². The molecular weight excluding hydrogens is 228 g/mol. The predicted molar refractivity (Wildman–Crippen MR) is 72.1 cm³/mol. The third-order valence-electron chi connectivity index (χ3n) is 3.60. The van der Waals surface area contributed by atoms with Crippen molar-refractivity contribution in [3.63, 3.8) is 0 Å². The fourth-order valence-electron chi connectivity index (χ4n) is 2.56. The van der Waals surface area contributed by atoms with Gasteiger partial charge in [-0.25, -0.2) is 0 Å². The molecule has 1 heterocycles. The summed E-state index contributed by atoms with van der Waals surface area (Å²) >= 11 is 0. The molecule has 4 nitrogen and oxygen atoms in total. The number of benzene rings is 1. The number of nitrogens with one attached hydrogen (secondary N) is 1. The Morgan fingerprint density at radius 1 is 1.39 bits per heavy atom. The molecule has 0 radical (unpaired) electrons. The van der Waals surface area contributed by atoms with Crippen LogP contribution >= 0.6 is 0 Å². The van der Waals surface area contributed by atoms with E-state index >= 15 is 0 Å². The Morgan fingerprint density at radius 2 is 2.06 bits per heavy atom. The zero-order valence-electron chi connectivity index (χ0n) is 10.9. The van der Waals surface area contributed by atoms with Crippen LogP contribution < -0.4 is 10.2 Å². The minimum Gasteiger partial charge on any atom is -0.481 e. The number of aliphatic carboxylic acids is 1. The molecule has 0 aromatic heterocycles. The van der Waals surface area contributed by atoms with Gasteiger partial charge in [0.15, 0.2) is 0 Å². The van der Waals surface area contributed by atoms with Crippen molar-refractivity contribution in [3.8, 4) is 0 Å². The lowest BCUT2D eigenvalue weighted by molar-refractivity contribution is -0.140. The third kappa shape index (κ3) is 2.64. The molecule has 2 rings (SSSR count). The molecule has 2 N–H and O–H groups in total. The molecule has 2 atom stereocenters. The second kappa shape index (κ2) is 5.40. The molecule has 2 unspecified atom stereocenters. The van der Waals surface area contributed by atoms with Gasteiger partial charge >= 0.3 is 5.97 Å². The van der Waals surface area contributed by atoms with Crippen molar-refractivity contribution in [1.29, 1.82) is 0 Å². The average Bonchev–Trinajstić information content (AvgIpc) is 2.83. The standard InChI is InChI=1S/C14H20N2O2/c1-16(2)12-5-3-10(4-6-12)13(14(17)18)11-7-8-15-9-11/h3-6,11,13,15H,7-9H2,1-2H3,(H,17,18). The number of carbonyl (C=O) groups is 1. The first-order valence-corrected chi connectivity index (χ1v) is 6.30. The predicted octanol–water partition coefficient (Wildman–Crippen LogP) is 1.53. The second-order valence-corrected chi connectivity index (χ2v) is 5.05. The van der Waals surface area contributed by atoms with Crippen LogP contribution in [0.5, 0.6) is 0 Å².